The lowest BCUT2D eigenvalue weighted by molar-refractivity contribution is 1.04. The first-order chi connectivity index (χ1) is 5.25. The maximum atomic E-state index is 4.07. The number of pyridine rings is 1. The standard InChI is InChI=1S/C9H14N2/c1-4-8-5-6-10-7-9(8)11(2)3/h5-7H,4H2,1-3H3. The minimum absolute atomic E-state index is 1.07. The van der Waals surface area contributed by atoms with Gasteiger partial charge in [-0.05, 0) is 18.1 Å². The molecule has 0 spiro atoms. The van der Waals surface area contributed by atoms with Crippen LogP contribution in [0.1, 0.15) is 12.5 Å². The molecule has 0 aliphatic rings. The predicted octanol–water partition coefficient (Wildman–Crippen LogP) is 1.71. The van der Waals surface area contributed by atoms with Crippen LogP contribution in [0.4, 0.5) is 5.69 Å². The number of nitrogens with zero attached hydrogens (tertiary/aromatic N) is 2. The van der Waals surface area contributed by atoms with Gasteiger partial charge >= 0.3 is 0 Å². The average molecular weight is 150 g/mol. The third kappa shape index (κ3) is 1.70. The van der Waals surface area contributed by atoms with Crippen LogP contribution < -0.4 is 4.90 Å². The number of hydrogen-bond acceptors (Lipinski definition) is 2. The highest BCUT2D eigenvalue weighted by Crippen LogP contribution is 2.15. The molecule has 0 unspecified atom stereocenters. The summed E-state index contributed by atoms with van der Waals surface area (Å²) in [5, 5.41) is 0. The van der Waals surface area contributed by atoms with Crippen LogP contribution in [-0.4, -0.2) is 19.1 Å². The fourth-order valence-corrected chi connectivity index (χ4v) is 1.12. The van der Waals surface area contributed by atoms with Gasteiger partial charge in [0.25, 0.3) is 0 Å². The second-order valence-electron chi connectivity index (χ2n) is 2.75. The Balaban J connectivity index is 3.02. The third-order valence-corrected chi connectivity index (χ3v) is 1.75. The summed E-state index contributed by atoms with van der Waals surface area (Å²) in [6.07, 6.45) is 4.81. The van der Waals surface area contributed by atoms with Crippen LogP contribution in [-0.2, 0) is 6.42 Å². The summed E-state index contributed by atoms with van der Waals surface area (Å²) in [5.41, 5.74) is 2.57. The molecule has 1 heterocycles. The molecule has 60 valence electrons. The summed E-state index contributed by atoms with van der Waals surface area (Å²) >= 11 is 0. The zero-order valence-electron chi connectivity index (χ0n) is 7.33. The van der Waals surface area contributed by atoms with Crippen molar-refractivity contribution < 1.29 is 0 Å². The molecule has 0 aliphatic heterocycles. The summed E-state index contributed by atoms with van der Waals surface area (Å²) in [6, 6.07) is 2.06. The van der Waals surface area contributed by atoms with Crippen LogP contribution in [0.3, 0.4) is 0 Å². The van der Waals surface area contributed by atoms with Crippen molar-refractivity contribution in [3.05, 3.63) is 24.0 Å². The molecular formula is C9H14N2. The summed E-state index contributed by atoms with van der Waals surface area (Å²) in [4.78, 5) is 6.16. The highest BCUT2D eigenvalue weighted by atomic mass is 15.1. The monoisotopic (exact) mass is 150 g/mol. The van der Waals surface area contributed by atoms with Crippen molar-refractivity contribution in [2.45, 2.75) is 13.3 Å². The molecule has 0 saturated carbocycles. The normalized spacial score (nSPS) is 9.73. The van der Waals surface area contributed by atoms with Gasteiger partial charge in [-0.2, -0.15) is 0 Å². The number of aromatic nitrogens is 1. The van der Waals surface area contributed by atoms with Crippen LogP contribution in [0.2, 0.25) is 0 Å². The number of hydrogen-bond donors (Lipinski definition) is 0. The Kier molecular flexibility index (Phi) is 2.47. The lowest BCUT2D eigenvalue weighted by Gasteiger charge is -2.15. The van der Waals surface area contributed by atoms with Crippen molar-refractivity contribution in [2.75, 3.05) is 19.0 Å². The van der Waals surface area contributed by atoms with Gasteiger partial charge in [-0.15, -0.1) is 0 Å². The van der Waals surface area contributed by atoms with E-state index in [4.69, 9.17) is 0 Å². The van der Waals surface area contributed by atoms with Crippen molar-refractivity contribution in [2.24, 2.45) is 0 Å². The molecule has 0 saturated heterocycles. The van der Waals surface area contributed by atoms with Crippen LogP contribution in [0, 0.1) is 0 Å². The molecule has 1 aromatic rings. The largest absolute Gasteiger partial charge is 0.376 e. The fraction of sp³-hybridized carbons (Fsp3) is 0.444. The van der Waals surface area contributed by atoms with E-state index in [0.717, 1.165) is 6.42 Å². The molecule has 0 fully saturated rings. The summed E-state index contributed by atoms with van der Waals surface area (Å²) in [7, 11) is 4.08. The molecule has 1 rings (SSSR count). The maximum Gasteiger partial charge on any atom is 0.0579 e. The first-order valence-electron chi connectivity index (χ1n) is 3.86. The molecule has 2 nitrogen and oxygen atoms in total. The lowest BCUT2D eigenvalue weighted by Crippen LogP contribution is -2.11. The van der Waals surface area contributed by atoms with Gasteiger partial charge in [-0.1, -0.05) is 6.92 Å². The molecule has 0 aliphatic carbocycles. The number of rotatable bonds is 2. The maximum absolute atomic E-state index is 4.07. The molecule has 0 N–H and O–H groups in total. The van der Waals surface area contributed by atoms with Gasteiger partial charge < -0.3 is 4.90 Å². The molecular weight excluding hydrogens is 136 g/mol. The first-order valence-corrected chi connectivity index (χ1v) is 3.86. The molecule has 0 bridgehead atoms. The Hall–Kier alpha value is -1.05. The van der Waals surface area contributed by atoms with Gasteiger partial charge in [-0.3, -0.25) is 4.98 Å². The minimum atomic E-state index is 1.07. The van der Waals surface area contributed by atoms with Gasteiger partial charge in [0.2, 0.25) is 0 Å². The highest BCUT2D eigenvalue weighted by molar-refractivity contribution is 5.50. The van der Waals surface area contributed by atoms with Gasteiger partial charge in [0.1, 0.15) is 0 Å². The Morgan fingerprint density at radius 1 is 1.45 bits per heavy atom. The van der Waals surface area contributed by atoms with E-state index in [1.165, 1.54) is 11.3 Å². The van der Waals surface area contributed by atoms with E-state index in [1.807, 2.05) is 26.5 Å². The third-order valence-electron chi connectivity index (χ3n) is 1.75. The van der Waals surface area contributed by atoms with Crippen LogP contribution in [0.15, 0.2) is 18.5 Å². The van der Waals surface area contributed by atoms with E-state index in [0.29, 0.717) is 0 Å². The van der Waals surface area contributed by atoms with Gasteiger partial charge in [0, 0.05) is 20.3 Å². The summed E-state index contributed by atoms with van der Waals surface area (Å²) < 4.78 is 0. The summed E-state index contributed by atoms with van der Waals surface area (Å²) in [5.74, 6) is 0. The van der Waals surface area contributed by atoms with Gasteiger partial charge in [0.15, 0.2) is 0 Å². The van der Waals surface area contributed by atoms with Crippen molar-refractivity contribution in [3.8, 4) is 0 Å². The molecule has 11 heavy (non-hydrogen) atoms. The van der Waals surface area contributed by atoms with E-state index < -0.39 is 0 Å². The topological polar surface area (TPSA) is 16.1 Å². The van der Waals surface area contributed by atoms with Crippen molar-refractivity contribution in [1.29, 1.82) is 0 Å². The van der Waals surface area contributed by atoms with E-state index in [1.54, 1.807) is 0 Å². The Bertz CT molecular complexity index is 231. The van der Waals surface area contributed by atoms with Gasteiger partial charge in [0.05, 0.1) is 11.9 Å². The SMILES string of the molecule is CCc1ccncc1N(C)C. The lowest BCUT2D eigenvalue weighted by atomic mass is 10.2. The number of aryl methyl sites for hydroxylation is 1. The van der Waals surface area contributed by atoms with Crippen LogP contribution >= 0.6 is 0 Å². The van der Waals surface area contributed by atoms with Crippen molar-refractivity contribution in [3.63, 3.8) is 0 Å². The predicted molar refractivity (Wildman–Crippen MR) is 47.9 cm³/mol. The smallest absolute Gasteiger partial charge is 0.0579 e. The Morgan fingerprint density at radius 2 is 2.18 bits per heavy atom. The first kappa shape index (κ1) is 8.05. The molecule has 0 amide bonds. The van der Waals surface area contributed by atoms with E-state index >= 15 is 0 Å². The van der Waals surface area contributed by atoms with E-state index in [9.17, 15) is 0 Å². The van der Waals surface area contributed by atoms with Crippen LogP contribution in [0.5, 0.6) is 0 Å². The molecule has 0 atom stereocenters. The van der Waals surface area contributed by atoms with Gasteiger partial charge in [-0.25, -0.2) is 0 Å². The van der Waals surface area contributed by atoms with Crippen molar-refractivity contribution >= 4 is 5.69 Å². The molecule has 2 heteroatoms. The van der Waals surface area contributed by atoms with E-state index in [2.05, 4.69) is 22.9 Å². The highest BCUT2D eigenvalue weighted by Gasteiger charge is 2.00. The molecule has 0 radical (unpaired) electrons. The molecule has 1 aromatic heterocycles. The fourth-order valence-electron chi connectivity index (χ4n) is 1.12. The average Bonchev–Trinajstić information content (AvgIpc) is 2.04. The molecule has 0 aromatic carbocycles. The second kappa shape index (κ2) is 3.37. The second-order valence-corrected chi connectivity index (χ2v) is 2.75. The minimum Gasteiger partial charge on any atom is -0.376 e. The van der Waals surface area contributed by atoms with Crippen molar-refractivity contribution in [1.82, 2.24) is 4.98 Å². The Morgan fingerprint density at radius 3 is 2.64 bits per heavy atom. The summed E-state index contributed by atoms with van der Waals surface area (Å²) in [6.45, 7) is 2.16. The number of anilines is 1. The van der Waals surface area contributed by atoms with Crippen LogP contribution in [0.25, 0.3) is 0 Å². The Labute approximate surface area is 67.9 Å². The quantitative estimate of drug-likeness (QED) is 0.638. The van der Waals surface area contributed by atoms with E-state index in [-0.39, 0.29) is 0 Å². The zero-order chi connectivity index (χ0) is 8.27. The zero-order valence-corrected chi connectivity index (χ0v) is 7.33.